The second-order valence-corrected chi connectivity index (χ2v) is 2.84. The van der Waals surface area contributed by atoms with E-state index in [1.165, 1.54) is 0 Å². The first-order valence-corrected chi connectivity index (χ1v) is 4.57. The van der Waals surface area contributed by atoms with Crippen molar-refractivity contribution in [3.63, 3.8) is 0 Å². The minimum absolute atomic E-state index is 0.428. The third-order valence-electron chi connectivity index (χ3n) is 1.67. The molecule has 0 spiro atoms. The summed E-state index contributed by atoms with van der Waals surface area (Å²) in [7, 11) is 0. The summed E-state index contributed by atoms with van der Waals surface area (Å²) in [6, 6.07) is 4.78. The fourth-order valence-corrected chi connectivity index (χ4v) is 1.11. The molecule has 1 aromatic carbocycles. The molecule has 0 atom stereocenters. The van der Waals surface area contributed by atoms with Gasteiger partial charge in [0.25, 0.3) is 0 Å². The summed E-state index contributed by atoms with van der Waals surface area (Å²) in [6.07, 6.45) is -0.180. The lowest BCUT2D eigenvalue weighted by Crippen LogP contribution is -2.36. The van der Waals surface area contributed by atoms with Crippen LogP contribution in [0.4, 0.5) is 0 Å². The topological polar surface area (TPSA) is 87.6 Å². The molecule has 0 amide bonds. The smallest absolute Gasteiger partial charge is 0.202 e. The van der Waals surface area contributed by atoms with Crippen molar-refractivity contribution in [3.05, 3.63) is 23.8 Å². The summed E-state index contributed by atoms with van der Waals surface area (Å²) in [4.78, 5) is 10.6. The second kappa shape index (κ2) is 5.33. The van der Waals surface area contributed by atoms with E-state index in [2.05, 4.69) is 0 Å². The summed E-state index contributed by atoms with van der Waals surface area (Å²) in [5, 5.41) is 0. The summed E-state index contributed by atoms with van der Waals surface area (Å²) >= 11 is 0. The quantitative estimate of drug-likeness (QED) is 0.545. The number of aldehydes is 1. The first-order chi connectivity index (χ1) is 7.17. The maximum absolute atomic E-state index is 10.6. The summed E-state index contributed by atoms with van der Waals surface area (Å²) in [5.41, 5.74) is 11.1. The van der Waals surface area contributed by atoms with Crippen molar-refractivity contribution in [1.82, 2.24) is 0 Å². The van der Waals surface area contributed by atoms with Crippen LogP contribution in [0.15, 0.2) is 18.2 Å². The van der Waals surface area contributed by atoms with Crippen LogP contribution in [-0.4, -0.2) is 19.2 Å². The van der Waals surface area contributed by atoms with Crippen molar-refractivity contribution >= 4 is 6.29 Å². The highest BCUT2D eigenvalue weighted by Gasteiger charge is 2.07. The number of rotatable bonds is 5. The lowest BCUT2D eigenvalue weighted by atomic mass is 10.2. The molecule has 0 saturated heterocycles. The average molecular weight is 210 g/mol. The highest BCUT2D eigenvalue weighted by Crippen LogP contribution is 2.28. The van der Waals surface area contributed by atoms with Gasteiger partial charge in [-0.25, -0.2) is 0 Å². The number of ether oxygens (including phenoxy) is 2. The maximum Gasteiger partial charge on any atom is 0.202 e. The van der Waals surface area contributed by atoms with Crippen LogP contribution in [-0.2, 0) is 0 Å². The van der Waals surface area contributed by atoms with E-state index in [0.29, 0.717) is 23.7 Å². The Morgan fingerprint density at radius 2 is 2.13 bits per heavy atom. The third-order valence-corrected chi connectivity index (χ3v) is 1.67. The second-order valence-electron chi connectivity index (χ2n) is 2.84. The van der Waals surface area contributed by atoms with Crippen LogP contribution < -0.4 is 20.9 Å². The first kappa shape index (κ1) is 11.5. The van der Waals surface area contributed by atoms with E-state index in [-0.39, 0.29) is 0 Å². The Bertz CT molecular complexity index is 339. The van der Waals surface area contributed by atoms with Crippen LogP contribution >= 0.6 is 0 Å². The van der Waals surface area contributed by atoms with Gasteiger partial charge in [0.05, 0.1) is 6.61 Å². The Morgan fingerprint density at radius 1 is 1.40 bits per heavy atom. The highest BCUT2D eigenvalue weighted by molar-refractivity contribution is 5.76. The molecule has 0 aliphatic heterocycles. The molecule has 0 unspecified atom stereocenters. The van der Waals surface area contributed by atoms with Crippen LogP contribution in [0.2, 0.25) is 0 Å². The molecule has 0 saturated carbocycles. The van der Waals surface area contributed by atoms with Gasteiger partial charge in [0.2, 0.25) is 6.35 Å². The van der Waals surface area contributed by atoms with Gasteiger partial charge in [0.1, 0.15) is 6.29 Å². The van der Waals surface area contributed by atoms with Crippen molar-refractivity contribution in [2.24, 2.45) is 11.5 Å². The van der Waals surface area contributed by atoms with Crippen LogP contribution in [0.1, 0.15) is 17.3 Å². The molecule has 5 heteroatoms. The Balaban J connectivity index is 2.97. The van der Waals surface area contributed by atoms with Crippen LogP contribution in [0.5, 0.6) is 11.5 Å². The molecule has 0 aromatic heterocycles. The van der Waals surface area contributed by atoms with E-state index in [0.717, 1.165) is 6.29 Å². The molecule has 1 rings (SSSR count). The van der Waals surface area contributed by atoms with Gasteiger partial charge in [-0.3, -0.25) is 16.3 Å². The van der Waals surface area contributed by atoms with E-state index in [9.17, 15) is 4.79 Å². The first-order valence-electron chi connectivity index (χ1n) is 4.57. The number of benzene rings is 1. The van der Waals surface area contributed by atoms with Gasteiger partial charge in [-0.05, 0) is 25.1 Å². The SMILES string of the molecule is CCOc1cc(C=O)ccc1OC(N)N. The number of hydrogen-bond donors (Lipinski definition) is 2. The average Bonchev–Trinajstić information content (AvgIpc) is 2.20. The maximum atomic E-state index is 10.6. The largest absolute Gasteiger partial charge is 0.490 e. The lowest BCUT2D eigenvalue weighted by Gasteiger charge is -2.14. The Hall–Kier alpha value is -1.59. The normalized spacial score (nSPS) is 10.1. The molecule has 1 aromatic rings. The van der Waals surface area contributed by atoms with Gasteiger partial charge in [-0.2, -0.15) is 0 Å². The predicted octanol–water partition coefficient (Wildman–Crippen LogP) is 0.478. The molecule has 0 bridgehead atoms. The van der Waals surface area contributed by atoms with Crippen LogP contribution in [0.25, 0.3) is 0 Å². The molecule has 0 heterocycles. The lowest BCUT2D eigenvalue weighted by molar-refractivity contribution is 0.112. The fourth-order valence-electron chi connectivity index (χ4n) is 1.11. The summed E-state index contributed by atoms with van der Waals surface area (Å²) in [6.45, 7) is 2.30. The van der Waals surface area contributed by atoms with Crippen molar-refractivity contribution in [2.75, 3.05) is 6.61 Å². The van der Waals surface area contributed by atoms with E-state index >= 15 is 0 Å². The molecular weight excluding hydrogens is 196 g/mol. The molecular formula is C10H14N2O3. The van der Waals surface area contributed by atoms with E-state index in [1.807, 2.05) is 6.92 Å². The van der Waals surface area contributed by atoms with Crippen molar-refractivity contribution in [2.45, 2.75) is 13.3 Å². The Labute approximate surface area is 88.0 Å². The Morgan fingerprint density at radius 3 is 2.67 bits per heavy atom. The summed E-state index contributed by atoms with van der Waals surface area (Å²) < 4.78 is 10.4. The van der Waals surface area contributed by atoms with E-state index in [1.54, 1.807) is 18.2 Å². The van der Waals surface area contributed by atoms with Gasteiger partial charge in [-0.15, -0.1) is 0 Å². The molecule has 0 aliphatic carbocycles. The minimum Gasteiger partial charge on any atom is -0.490 e. The highest BCUT2D eigenvalue weighted by atomic mass is 16.5. The number of carbonyl (C=O) groups is 1. The zero-order chi connectivity index (χ0) is 11.3. The molecule has 0 radical (unpaired) electrons. The van der Waals surface area contributed by atoms with Crippen molar-refractivity contribution < 1.29 is 14.3 Å². The van der Waals surface area contributed by atoms with Gasteiger partial charge in [0.15, 0.2) is 11.5 Å². The molecule has 0 fully saturated rings. The molecule has 5 nitrogen and oxygen atoms in total. The van der Waals surface area contributed by atoms with Gasteiger partial charge < -0.3 is 9.47 Å². The Kier molecular flexibility index (Phi) is 4.08. The van der Waals surface area contributed by atoms with Gasteiger partial charge in [0, 0.05) is 5.56 Å². The molecule has 4 N–H and O–H groups in total. The van der Waals surface area contributed by atoms with Crippen molar-refractivity contribution in [3.8, 4) is 11.5 Å². The van der Waals surface area contributed by atoms with E-state index < -0.39 is 6.35 Å². The molecule has 82 valence electrons. The number of nitrogens with two attached hydrogens (primary N) is 2. The molecule has 0 aliphatic rings. The minimum atomic E-state index is -0.911. The predicted molar refractivity (Wildman–Crippen MR) is 55.8 cm³/mol. The molecule has 15 heavy (non-hydrogen) atoms. The monoisotopic (exact) mass is 210 g/mol. The zero-order valence-corrected chi connectivity index (χ0v) is 8.47. The van der Waals surface area contributed by atoms with E-state index in [4.69, 9.17) is 20.9 Å². The van der Waals surface area contributed by atoms with Crippen LogP contribution in [0, 0.1) is 0 Å². The van der Waals surface area contributed by atoms with Crippen molar-refractivity contribution in [1.29, 1.82) is 0 Å². The number of hydrogen-bond acceptors (Lipinski definition) is 5. The number of carbonyl (C=O) groups excluding carboxylic acids is 1. The van der Waals surface area contributed by atoms with Gasteiger partial charge >= 0.3 is 0 Å². The van der Waals surface area contributed by atoms with Gasteiger partial charge in [-0.1, -0.05) is 0 Å². The standard InChI is InChI=1S/C10H14N2O3/c1-2-14-9-5-7(6-13)3-4-8(9)15-10(11)12/h3-6,10H,2,11-12H2,1H3. The zero-order valence-electron chi connectivity index (χ0n) is 8.47. The fraction of sp³-hybridized carbons (Fsp3) is 0.300. The van der Waals surface area contributed by atoms with Crippen LogP contribution in [0.3, 0.4) is 0 Å². The summed E-state index contributed by atoms with van der Waals surface area (Å²) in [5.74, 6) is 0.889. The third kappa shape index (κ3) is 3.23.